The highest BCUT2D eigenvalue weighted by Crippen LogP contribution is 2.31. The zero-order valence-electron chi connectivity index (χ0n) is 10.7. The Morgan fingerprint density at radius 3 is 2.60 bits per heavy atom. The monoisotopic (exact) mass is 379 g/mol. The van der Waals surface area contributed by atoms with E-state index in [0.29, 0.717) is 20.4 Å². The van der Waals surface area contributed by atoms with Crippen LogP contribution in [0.25, 0.3) is 10.9 Å². The number of aromatic nitrogens is 1. The first kappa shape index (κ1) is 15.3. The summed E-state index contributed by atoms with van der Waals surface area (Å²) in [6.45, 7) is 1.81. The van der Waals surface area contributed by atoms with Crippen molar-refractivity contribution >= 4 is 54.4 Å². The zero-order chi connectivity index (χ0) is 15.1. The number of nitrogens with zero attached hydrogens (tertiary/aromatic N) is 1. The van der Waals surface area contributed by atoms with E-state index >= 15 is 0 Å². The largest absolute Gasteiger partial charge is 0.461 e. The molecule has 2 aromatic rings. The van der Waals surface area contributed by atoms with Crippen LogP contribution in [0.3, 0.4) is 0 Å². The molecule has 108 valence electrons. The molecule has 0 N–H and O–H groups in total. The van der Waals surface area contributed by atoms with Gasteiger partial charge in [-0.2, -0.15) is 0 Å². The molecule has 0 aliphatic rings. The van der Waals surface area contributed by atoms with Crippen molar-refractivity contribution in [3.05, 3.63) is 33.4 Å². The third-order valence-electron chi connectivity index (χ3n) is 2.62. The summed E-state index contributed by atoms with van der Waals surface area (Å²) in [6.07, 6.45) is 1.02. The lowest BCUT2D eigenvalue weighted by molar-refractivity contribution is 0.0518. The van der Waals surface area contributed by atoms with Crippen LogP contribution in [0.5, 0.6) is 0 Å². The molecule has 0 aliphatic heterocycles. The van der Waals surface area contributed by atoms with E-state index in [1.54, 1.807) is 13.0 Å². The molecule has 0 saturated carbocycles. The van der Waals surface area contributed by atoms with Gasteiger partial charge in [-0.3, -0.25) is 0 Å². The second kappa shape index (κ2) is 5.38. The second-order valence-corrected chi connectivity index (χ2v) is 7.20. The first-order valence-electron chi connectivity index (χ1n) is 5.64. The number of carbonyl (C=O) groups is 1. The van der Waals surface area contributed by atoms with Crippen molar-refractivity contribution in [1.29, 1.82) is 0 Å². The lowest BCUT2D eigenvalue weighted by Gasteiger charge is -2.07. The van der Waals surface area contributed by atoms with Gasteiger partial charge in [0.25, 0.3) is 0 Å². The van der Waals surface area contributed by atoms with Crippen molar-refractivity contribution in [1.82, 2.24) is 3.97 Å². The number of halogens is 2. The van der Waals surface area contributed by atoms with Gasteiger partial charge in [0.2, 0.25) is 10.0 Å². The van der Waals surface area contributed by atoms with E-state index in [1.807, 2.05) is 0 Å². The first-order valence-corrected chi connectivity index (χ1v) is 8.65. The van der Waals surface area contributed by atoms with E-state index in [4.69, 9.17) is 16.3 Å². The summed E-state index contributed by atoms with van der Waals surface area (Å²) in [5.41, 5.74) is 0.294. The molecule has 2 rings (SSSR count). The number of carbonyl (C=O) groups excluding carboxylic acids is 1. The summed E-state index contributed by atoms with van der Waals surface area (Å²) in [4.78, 5) is 11.9. The van der Waals surface area contributed by atoms with Crippen LogP contribution in [0.2, 0.25) is 5.02 Å². The topological polar surface area (TPSA) is 65.4 Å². The average molecular weight is 381 g/mol. The minimum atomic E-state index is -3.67. The zero-order valence-corrected chi connectivity index (χ0v) is 13.8. The van der Waals surface area contributed by atoms with Gasteiger partial charge in [0, 0.05) is 9.86 Å². The fourth-order valence-electron chi connectivity index (χ4n) is 1.88. The molecule has 0 amide bonds. The van der Waals surface area contributed by atoms with Crippen LogP contribution < -0.4 is 0 Å². The second-order valence-electron chi connectivity index (χ2n) is 4.10. The van der Waals surface area contributed by atoms with Crippen molar-refractivity contribution in [3.8, 4) is 0 Å². The molecule has 0 unspecified atom stereocenters. The third-order valence-corrected chi connectivity index (χ3v) is 4.87. The summed E-state index contributed by atoms with van der Waals surface area (Å²) in [5.74, 6) is -0.693. The van der Waals surface area contributed by atoms with Crippen molar-refractivity contribution in [2.75, 3.05) is 12.9 Å². The Morgan fingerprint density at radius 1 is 1.40 bits per heavy atom. The van der Waals surface area contributed by atoms with E-state index < -0.39 is 16.0 Å². The Hall–Kier alpha value is -1.05. The van der Waals surface area contributed by atoms with Crippen LogP contribution in [0, 0.1) is 0 Å². The van der Waals surface area contributed by atoms with Gasteiger partial charge in [0.1, 0.15) is 5.69 Å². The summed E-state index contributed by atoms with van der Waals surface area (Å²) in [6, 6.07) is 4.61. The number of ether oxygens (including phenoxy) is 1. The summed E-state index contributed by atoms with van der Waals surface area (Å²) >= 11 is 9.25. The molecule has 0 bridgehead atoms. The molecule has 1 aromatic heterocycles. The minimum Gasteiger partial charge on any atom is -0.461 e. The molecule has 1 aromatic carbocycles. The van der Waals surface area contributed by atoms with Gasteiger partial charge in [-0.1, -0.05) is 11.6 Å². The predicted octanol–water partition coefficient (Wildman–Crippen LogP) is 3.04. The molecule has 20 heavy (non-hydrogen) atoms. The van der Waals surface area contributed by atoms with Gasteiger partial charge in [-0.05, 0) is 41.1 Å². The highest BCUT2D eigenvalue weighted by atomic mass is 79.9. The maximum absolute atomic E-state index is 11.9. The van der Waals surface area contributed by atoms with Crippen LogP contribution in [0.4, 0.5) is 0 Å². The quantitative estimate of drug-likeness (QED) is 0.768. The number of rotatable bonds is 3. The molecule has 0 saturated heterocycles. The normalized spacial score (nSPS) is 11.8. The average Bonchev–Trinajstić information content (AvgIpc) is 2.68. The van der Waals surface area contributed by atoms with Crippen LogP contribution in [-0.4, -0.2) is 31.2 Å². The van der Waals surface area contributed by atoms with Crippen LogP contribution in [0.15, 0.2) is 22.7 Å². The molecule has 0 atom stereocenters. The Bertz CT molecular complexity index is 797. The fourth-order valence-corrected chi connectivity index (χ4v) is 3.40. The standard InChI is InChI=1S/C12H11BrClNO4S/c1-3-19-12(16)11-5-7-4-8(13)9(14)6-10(7)15(11)20(2,17)18/h4-6H,3H2,1-2H3. The summed E-state index contributed by atoms with van der Waals surface area (Å²) in [5, 5.41) is 0.936. The van der Waals surface area contributed by atoms with Gasteiger partial charge >= 0.3 is 5.97 Å². The van der Waals surface area contributed by atoms with E-state index in [2.05, 4.69) is 15.9 Å². The number of hydrogen-bond donors (Lipinski definition) is 0. The number of fused-ring (bicyclic) bond motifs is 1. The Balaban J connectivity index is 2.84. The molecule has 1 heterocycles. The lowest BCUT2D eigenvalue weighted by atomic mass is 10.2. The summed E-state index contributed by atoms with van der Waals surface area (Å²) in [7, 11) is -3.67. The van der Waals surface area contributed by atoms with Gasteiger partial charge in [0.05, 0.1) is 23.4 Å². The van der Waals surface area contributed by atoms with Crippen molar-refractivity contribution in [3.63, 3.8) is 0 Å². The molecule has 0 spiro atoms. The van der Waals surface area contributed by atoms with E-state index in [9.17, 15) is 13.2 Å². The lowest BCUT2D eigenvalue weighted by Crippen LogP contribution is -2.18. The van der Waals surface area contributed by atoms with Crippen LogP contribution in [-0.2, 0) is 14.8 Å². The van der Waals surface area contributed by atoms with Crippen LogP contribution in [0.1, 0.15) is 17.4 Å². The van der Waals surface area contributed by atoms with Gasteiger partial charge < -0.3 is 4.74 Å². The summed E-state index contributed by atoms with van der Waals surface area (Å²) < 4.78 is 30.3. The molecule has 0 fully saturated rings. The Labute approximate surface area is 129 Å². The predicted molar refractivity (Wildman–Crippen MR) is 80.8 cm³/mol. The first-order chi connectivity index (χ1) is 9.25. The van der Waals surface area contributed by atoms with Crippen molar-refractivity contribution in [2.45, 2.75) is 6.92 Å². The molecule has 8 heteroatoms. The maximum Gasteiger partial charge on any atom is 0.356 e. The van der Waals surface area contributed by atoms with Gasteiger partial charge in [-0.25, -0.2) is 17.2 Å². The van der Waals surface area contributed by atoms with Gasteiger partial charge in [0.15, 0.2) is 0 Å². The fraction of sp³-hybridized carbons (Fsp3) is 0.250. The Kier molecular flexibility index (Phi) is 4.13. The molecular weight excluding hydrogens is 370 g/mol. The van der Waals surface area contributed by atoms with Crippen LogP contribution >= 0.6 is 27.5 Å². The van der Waals surface area contributed by atoms with E-state index in [-0.39, 0.29) is 12.3 Å². The number of esters is 1. The SMILES string of the molecule is CCOC(=O)c1cc2cc(Br)c(Cl)cc2n1S(C)(=O)=O. The van der Waals surface area contributed by atoms with Crippen molar-refractivity contribution in [2.24, 2.45) is 0 Å². The molecular formula is C12H11BrClNO4S. The number of benzene rings is 1. The highest BCUT2D eigenvalue weighted by molar-refractivity contribution is 9.10. The van der Waals surface area contributed by atoms with E-state index in [0.717, 1.165) is 10.2 Å². The highest BCUT2D eigenvalue weighted by Gasteiger charge is 2.23. The van der Waals surface area contributed by atoms with Crippen molar-refractivity contribution < 1.29 is 17.9 Å². The smallest absolute Gasteiger partial charge is 0.356 e. The molecule has 0 aliphatic carbocycles. The van der Waals surface area contributed by atoms with E-state index in [1.165, 1.54) is 12.1 Å². The molecule has 5 nitrogen and oxygen atoms in total. The van der Waals surface area contributed by atoms with Gasteiger partial charge in [-0.15, -0.1) is 0 Å². The Morgan fingerprint density at radius 2 is 2.05 bits per heavy atom. The number of hydrogen-bond acceptors (Lipinski definition) is 4. The molecule has 0 radical (unpaired) electrons. The maximum atomic E-state index is 11.9. The third kappa shape index (κ3) is 2.70. The minimum absolute atomic E-state index is 0.0430.